The molecule has 4 nitrogen and oxygen atoms in total. The maximum absolute atomic E-state index is 13.1. The first-order valence-corrected chi connectivity index (χ1v) is 13.2. The minimum absolute atomic E-state index is 0.211. The zero-order chi connectivity index (χ0) is 25.7. The quantitative estimate of drug-likeness (QED) is 0.362. The number of rotatable bonds is 9. The third kappa shape index (κ3) is 6.07. The van der Waals surface area contributed by atoms with E-state index in [1.807, 2.05) is 19.2 Å². The summed E-state index contributed by atoms with van der Waals surface area (Å²) >= 11 is 0. The summed E-state index contributed by atoms with van der Waals surface area (Å²) in [7, 11) is 1.98. The van der Waals surface area contributed by atoms with Crippen molar-refractivity contribution in [2.45, 2.75) is 59.9 Å². The molecule has 1 fully saturated rings. The second kappa shape index (κ2) is 11.4. The monoisotopic (exact) mass is 489 g/mol. The van der Waals surface area contributed by atoms with Crippen molar-refractivity contribution in [2.24, 2.45) is 5.41 Å². The minimum Gasteiger partial charge on any atom is -0.493 e. The van der Waals surface area contributed by atoms with E-state index in [1.54, 1.807) is 0 Å². The van der Waals surface area contributed by atoms with Gasteiger partial charge in [0.1, 0.15) is 11.6 Å². The van der Waals surface area contributed by atoms with Gasteiger partial charge in [0.25, 0.3) is 0 Å². The van der Waals surface area contributed by atoms with Crippen LogP contribution in [0, 0.1) is 18.2 Å². The van der Waals surface area contributed by atoms with Crippen LogP contribution >= 0.6 is 0 Å². The molecule has 0 amide bonds. The lowest BCUT2D eigenvalue weighted by atomic mass is 9.82. The smallest absolute Gasteiger partial charge is 0.123 e. The Bertz CT molecular complexity index is 1150. The molecular weight excluding hydrogens is 449 g/mol. The number of aryl methyl sites for hydroxylation is 1. The summed E-state index contributed by atoms with van der Waals surface area (Å²) in [6, 6.07) is 15.0. The molecule has 1 aliphatic rings. The Balaban J connectivity index is 1.62. The third-order valence-electron chi connectivity index (χ3n) is 7.40. The zero-order valence-electron chi connectivity index (χ0n) is 22.5. The number of hydrogen-bond donors (Lipinski definition) is 1. The Labute approximate surface area is 215 Å². The van der Waals surface area contributed by atoms with E-state index >= 15 is 0 Å². The molecule has 1 aliphatic heterocycles. The van der Waals surface area contributed by atoms with Crippen LogP contribution in [0.15, 0.2) is 48.5 Å². The fourth-order valence-corrected chi connectivity index (χ4v) is 5.15. The van der Waals surface area contributed by atoms with Gasteiger partial charge in [-0.2, -0.15) is 0 Å². The Morgan fingerprint density at radius 1 is 1.03 bits per heavy atom. The van der Waals surface area contributed by atoms with Gasteiger partial charge >= 0.3 is 0 Å². The molecule has 1 aromatic heterocycles. The lowest BCUT2D eigenvalue weighted by Gasteiger charge is -2.40. The lowest BCUT2D eigenvalue weighted by Crippen LogP contribution is -2.38. The van der Waals surface area contributed by atoms with Gasteiger partial charge in [0.15, 0.2) is 0 Å². The Morgan fingerprint density at radius 2 is 1.69 bits per heavy atom. The van der Waals surface area contributed by atoms with Crippen LogP contribution in [-0.2, 0) is 19.4 Å². The molecule has 1 N–H and O–H groups in total. The van der Waals surface area contributed by atoms with E-state index in [0.29, 0.717) is 12.0 Å². The first-order valence-electron chi connectivity index (χ1n) is 13.2. The van der Waals surface area contributed by atoms with Gasteiger partial charge in [0.05, 0.1) is 18.0 Å². The van der Waals surface area contributed by atoms with Crippen molar-refractivity contribution in [1.29, 1.82) is 0 Å². The molecule has 0 atom stereocenters. The van der Waals surface area contributed by atoms with E-state index in [2.05, 4.69) is 62.2 Å². The predicted molar refractivity (Wildman–Crippen MR) is 147 cm³/mol. The molecule has 1 saturated heterocycles. The molecule has 3 aromatic rings. The van der Waals surface area contributed by atoms with Crippen molar-refractivity contribution >= 4 is 5.69 Å². The molecule has 0 saturated carbocycles. The average Bonchev–Trinajstić information content (AvgIpc) is 2.86. The van der Waals surface area contributed by atoms with Gasteiger partial charge in [-0.1, -0.05) is 45.0 Å². The summed E-state index contributed by atoms with van der Waals surface area (Å²) in [5.74, 6) is 0.630. The van der Waals surface area contributed by atoms with E-state index < -0.39 is 0 Å². The number of piperidine rings is 1. The van der Waals surface area contributed by atoms with Crippen molar-refractivity contribution in [2.75, 3.05) is 31.6 Å². The van der Waals surface area contributed by atoms with E-state index in [9.17, 15) is 4.39 Å². The van der Waals surface area contributed by atoms with Crippen LogP contribution < -0.4 is 15.0 Å². The highest BCUT2D eigenvalue weighted by atomic mass is 19.1. The second-order valence-corrected chi connectivity index (χ2v) is 10.6. The molecule has 4 rings (SSSR count). The number of hydrogen-bond acceptors (Lipinski definition) is 4. The molecule has 0 bridgehead atoms. The highest BCUT2D eigenvalue weighted by molar-refractivity contribution is 5.84. The Kier molecular flexibility index (Phi) is 8.30. The second-order valence-electron chi connectivity index (χ2n) is 10.6. The van der Waals surface area contributed by atoms with Crippen LogP contribution in [0.25, 0.3) is 11.1 Å². The predicted octanol–water partition coefficient (Wildman–Crippen LogP) is 6.73. The fraction of sp³-hybridized carbons (Fsp3) is 0.452. The molecule has 0 aliphatic carbocycles. The van der Waals surface area contributed by atoms with Crippen LogP contribution in [-0.4, -0.2) is 31.7 Å². The molecule has 0 unspecified atom stereocenters. The molecule has 0 spiro atoms. The van der Waals surface area contributed by atoms with Crippen LogP contribution in [0.4, 0.5) is 10.1 Å². The topological polar surface area (TPSA) is 37.4 Å². The molecular formula is C31H40FN3O. The highest BCUT2D eigenvalue weighted by Gasteiger charge is 2.29. The summed E-state index contributed by atoms with van der Waals surface area (Å²) in [6.45, 7) is 12.6. The van der Waals surface area contributed by atoms with Gasteiger partial charge in [-0.15, -0.1) is 0 Å². The number of anilines is 1. The number of ether oxygens (including phenoxy) is 1. The van der Waals surface area contributed by atoms with Crippen molar-refractivity contribution in [3.63, 3.8) is 0 Å². The molecule has 2 heterocycles. The molecule has 36 heavy (non-hydrogen) atoms. The van der Waals surface area contributed by atoms with Crippen molar-refractivity contribution < 1.29 is 9.13 Å². The number of nitrogens with zero attached hydrogens (tertiary/aromatic N) is 2. The summed E-state index contributed by atoms with van der Waals surface area (Å²) in [6.07, 6.45) is 4.09. The summed E-state index contributed by atoms with van der Waals surface area (Å²) < 4.78 is 19.1. The SMILES string of the molecule is CCc1c(C)nc(CNC)c(-c2ccc(OCCc3ccc(F)cc3)cc2)c1N1CCC(C)(C)CC1. The lowest BCUT2D eigenvalue weighted by molar-refractivity contribution is 0.279. The molecule has 5 heteroatoms. The maximum atomic E-state index is 13.1. The zero-order valence-corrected chi connectivity index (χ0v) is 22.5. The number of benzene rings is 2. The number of halogens is 1. The van der Waals surface area contributed by atoms with Gasteiger partial charge in [-0.25, -0.2) is 4.39 Å². The van der Waals surface area contributed by atoms with Gasteiger partial charge in [0.2, 0.25) is 0 Å². The minimum atomic E-state index is -0.211. The number of nitrogens with one attached hydrogen (secondary N) is 1. The van der Waals surface area contributed by atoms with Crippen molar-refractivity contribution in [3.8, 4) is 16.9 Å². The summed E-state index contributed by atoms with van der Waals surface area (Å²) in [5, 5.41) is 3.33. The van der Waals surface area contributed by atoms with Gasteiger partial charge in [-0.3, -0.25) is 4.98 Å². The normalized spacial score (nSPS) is 15.2. The van der Waals surface area contributed by atoms with E-state index in [-0.39, 0.29) is 5.82 Å². The van der Waals surface area contributed by atoms with Crippen LogP contribution in [0.3, 0.4) is 0 Å². The average molecular weight is 490 g/mol. The van der Waals surface area contributed by atoms with E-state index in [4.69, 9.17) is 9.72 Å². The molecule has 0 radical (unpaired) electrons. The van der Waals surface area contributed by atoms with Crippen molar-refractivity contribution in [1.82, 2.24) is 10.3 Å². The van der Waals surface area contributed by atoms with Crippen LogP contribution in [0.1, 0.15) is 56.1 Å². The van der Waals surface area contributed by atoms with Gasteiger partial charge < -0.3 is 15.0 Å². The largest absolute Gasteiger partial charge is 0.493 e. The van der Waals surface area contributed by atoms with Crippen molar-refractivity contribution in [3.05, 3.63) is 76.9 Å². The molecule has 2 aromatic carbocycles. The fourth-order valence-electron chi connectivity index (χ4n) is 5.15. The highest BCUT2D eigenvalue weighted by Crippen LogP contribution is 2.42. The van der Waals surface area contributed by atoms with E-state index in [0.717, 1.165) is 55.2 Å². The standard InChI is InChI=1S/C31H40FN3O/c1-6-27-22(2)34-28(21-33-5)29(30(27)35-18-16-31(3,4)17-19-35)24-9-13-26(14-10-24)36-20-15-23-7-11-25(32)12-8-23/h7-14,33H,6,15-21H2,1-5H3. The third-order valence-corrected chi connectivity index (χ3v) is 7.40. The first kappa shape index (κ1) is 26.2. The summed E-state index contributed by atoms with van der Waals surface area (Å²) in [5.41, 5.74) is 8.81. The summed E-state index contributed by atoms with van der Waals surface area (Å²) in [4.78, 5) is 7.66. The van der Waals surface area contributed by atoms with Gasteiger partial charge in [-0.05, 0) is 79.6 Å². The number of pyridine rings is 1. The maximum Gasteiger partial charge on any atom is 0.123 e. The Morgan fingerprint density at radius 3 is 2.31 bits per heavy atom. The number of aromatic nitrogens is 1. The van der Waals surface area contributed by atoms with E-state index in [1.165, 1.54) is 47.4 Å². The van der Waals surface area contributed by atoms with Gasteiger partial charge in [0, 0.05) is 37.3 Å². The Hall–Kier alpha value is -2.92. The first-order chi connectivity index (χ1) is 17.3. The van der Waals surface area contributed by atoms with Crippen LogP contribution in [0.2, 0.25) is 0 Å². The molecule has 192 valence electrons. The van der Waals surface area contributed by atoms with Crippen LogP contribution in [0.5, 0.6) is 5.75 Å².